The average Bonchev–Trinajstić information content (AvgIpc) is 2.78. The smallest absolute Gasteiger partial charge is 0.101 e. The highest BCUT2D eigenvalue weighted by Gasteiger charge is 2.19. The van der Waals surface area contributed by atoms with Crippen molar-refractivity contribution in [1.29, 1.82) is 5.26 Å². The molecule has 0 unspecified atom stereocenters. The van der Waals surface area contributed by atoms with Crippen LogP contribution in [0.3, 0.4) is 0 Å². The molecule has 0 bridgehead atoms. The molecule has 4 heteroatoms. The number of rotatable bonds is 1. The van der Waals surface area contributed by atoms with E-state index in [1.54, 1.807) is 6.20 Å². The lowest BCUT2D eigenvalue weighted by Crippen LogP contribution is -2.28. The van der Waals surface area contributed by atoms with Crippen molar-refractivity contribution < 1.29 is 0 Å². The van der Waals surface area contributed by atoms with Crippen LogP contribution in [0.15, 0.2) is 24.4 Å². The van der Waals surface area contributed by atoms with E-state index in [1.165, 1.54) is 5.69 Å². The van der Waals surface area contributed by atoms with Crippen molar-refractivity contribution in [2.24, 2.45) is 0 Å². The predicted octanol–water partition coefficient (Wildman–Crippen LogP) is 1.83. The lowest BCUT2D eigenvalue weighted by molar-refractivity contribution is 0.520. The van der Waals surface area contributed by atoms with Crippen LogP contribution in [0, 0.1) is 18.3 Å². The highest BCUT2D eigenvalue weighted by molar-refractivity contribution is 5.70. The monoisotopic (exact) mass is 238 g/mol. The number of fused-ring (bicyclic) bond motifs is 1. The van der Waals surface area contributed by atoms with Gasteiger partial charge in [0, 0.05) is 42.8 Å². The first kappa shape index (κ1) is 11.0. The molecule has 1 N–H and O–H groups in total. The van der Waals surface area contributed by atoms with E-state index in [9.17, 15) is 5.26 Å². The van der Waals surface area contributed by atoms with E-state index in [0.717, 1.165) is 42.1 Å². The van der Waals surface area contributed by atoms with E-state index in [1.807, 2.05) is 25.1 Å². The predicted molar refractivity (Wildman–Crippen MR) is 68.8 cm³/mol. The van der Waals surface area contributed by atoms with Crippen molar-refractivity contribution in [3.63, 3.8) is 0 Å². The molecular formula is C14H14N4. The van der Waals surface area contributed by atoms with Crippen LogP contribution in [0.2, 0.25) is 0 Å². The number of hydrogen-bond donors (Lipinski definition) is 1. The molecule has 0 amide bonds. The molecule has 0 aliphatic carbocycles. The molecule has 0 aromatic carbocycles. The van der Waals surface area contributed by atoms with Crippen molar-refractivity contribution >= 4 is 0 Å². The number of hydrogen-bond acceptors (Lipinski definition) is 3. The van der Waals surface area contributed by atoms with Gasteiger partial charge >= 0.3 is 0 Å². The Bertz CT molecular complexity index is 634. The molecule has 0 spiro atoms. The Morgan fingerprint density at radius 3 is 3.17 bits per heavy atom. The zero-order valence-corrected chi connectivity index (χ0v) is 10.3. The molecule has 4 nitrogen and oxygen atoms in total. The van der Waals surface area contributed by atoms with E-state index < -0.39 is 0 Å². The molecule has 3 heterocycles. The van der Waals surface area contributed by atoms with Gasteiger partial charge in [-0.05, 0) is 25.1 Å². The van der Waals surface area contributed by atoms with E-state index in [2.05, 4.69) is 20.9 Å². The van der Waals surface area contributed by atoms with Gasteiger partial charge in [-0.3, -0.25) is 4.98 Å². The zero-order valence-electron chi connectivity index (χ0n) is 10.3. The fourth-order valence-electron chi connectivity index (χ4n) is 2.52. The van der Waals surface area contributed by atoms with E-state index in [-0.39, 0.29) is 0 Å². The Hall–Kier alpha value is -2.12. The summed E-state index contributed by atoms with van der Waals surface area (Å²) in [6.07, 6.45) is 1.78. The molecule has 0 saturated carbocycles. The maximum Gasteiger partial charge on any atom is 0.101 e. The lowest BCUT2D eigenvalue weighted by atomic mass is 10.1. The van der Waals surface area contributed by atoms with Crippen molar-refractivity contribution in [1.82, 2.24) is 14.9 Å². The van der Waals surface area contributed by atoms with Crippen molar-refractivity contribution in [3.05, 3.63) is 41.3 Å². The highest BCUT2D eigenvalue weighted by atomic mass is 15.1. The molecule has 2 aromatic heterocycles. The molecule has 0 radical (unpaired) electrons. The van der Waals surface area contributed by atoms with Crippen LogP contribution in [-0.4, -0.2) is 16.1 Å². The summed E-state index contributed by atoms with van der Waals surface area (Å²) >= 11 is 0. The lowest BCUT2D eigenvalue weighted by Gasteiger charge is -2.19. The van der Waals surface area contributed by atoms with Crippen LogP contribution < -0.4 is 5.32 Å². The molecule has 2 aromatic rings. The van der Waals surface area contributed by atoms with Crippen LogP contribution in [-0.2, 0) is 13.1 Å². The minimum Gasteiger partial charge on any atom is -0.341 e. The van der Waals surface area contributed by atoms with E-state index >= 15 is 0 Å². The number of aromatic nitrogens is 2. The molecule has 0 fully saturated rings. The third-order valence-electron chi connectivity index (χ3n) is 3.38. The number of aryl methyl sites for hydroxylation is 1. The molecule has 0 saturated heterocycles. The summed E-state index contributed by atoms with van der Waals surface area (Å²) < 4.78 is 2.24. The van der Waals surface area contributed by atoms with Gasteiger partial charge in [-0.2, -0.15) is 5.26 Å². The fraction of sp³-hybridized carbons (Fsp3) is 0.286. The fourth-order valence-corrected chi connectivity index (χ4v) is 2.52. The zero-order chi connectivity index (χ0) is 12.5. The van der Waals surface area contributed by atoms with Crippen LogP contribution in [0.1, 0.15) is 17.0 Å². The molecule has 1 aliphatic rings. The minimum atomic E-state index is 0.741. The Balaban J connectivity index is 2.26. The van der Waals surface area contributed by atoms with Gasteiger partial charge < -0.3 is 9.88 Å². The van der Waals surface area contributed by atoms with Crippen LogP contribution in [0.5, 0.6) is 0 Å². The largest absolute Gasteiger partial charge is 0.341 e. The summed E-state index contributed by atoms with van der Waals surface area (Å²) in [7, 11) is 0. The molecule has 18 heavy (non-hydrogen) atoms. The van der Waals surface area contributed by atoms with Gasteiger partial charge in [-0.25, -0.2) is 0 Å². The van der Waals surface area contributed by atoms with Crippen molar-refractivity contribution in [3.8, 4) is 17.3 Å². The number of nitrogens with one attached hydrogen (secondary N) is 1. The molecular weight excluding hydrogens is 224 g/mol. The first-order valence-electron chi connectivity index (χ1n) is 6.06. The standard InChI is InChI=1S/C14H14N4/c1-10-13(3-2-4-17-10)14-11(8-15)7-12-9-16-5-6-18(12)14/h2-4,7,16H,5-6,9H2,1H3. The first-order chi connectivity index (χ1) is 8.81. The van der Waals surface area contributed by atoms with Gasteiger partial charge in [0.1, 0.15) is 6.07 Å². The third-order valence-corrected chi connectivity index (χ3v) is 3.38. The summed E-state index contributed by atoms with van der Waals surface area (Å²) in [6.45, 7) is 4.66. The number of nitrogens with zero attached hydrogens (tertiary/aromatic N) is 3. The minimum absolute atomic E-state index is 0.741. The van der Waals surface area contributed by atoms with Gasteiger partial charge in [0.05, 0.1) is 11.3 Å². The number of nitriles is 1. The van der Waals surface area contributed by atoms with E-state index in [0.29, 0.717) is 0 Å². The van der Waals surface area contributed by atoms with E-state index in [4.69, 9.17) is 0 Å². The molecule has 1 aliphatic heterocycles. The second-order valence-corrected chi connectivity index (χ2v) is 4.47. The van der Waals surface area contributed by atoms with Gasteiger partial charge in [-0.15, -0.1) is 0 Å². The van der Waals surface area contributed by atoms with Gasteiger partial charge in [0.2, 0.25) is 0 Å². The maximum atomic E-state index is 9.32. The topological polar surface area (TPSA) is 53.6 Å². The first-order valence-corrected chi connectivity index (χ1v) is 6.06. The molecule has 3 rings (SSSR count). The average molecular weight is 238 g/mol. The normalized spacial score (nSPS) is 14.0. The third kappa shape index (κ3) is 1.60. The van der Waals surface area contributed by atoms with Crippen molar-refractivity contribution in [2.75, 3.05) is 6.54 Å². The Morgan fingerprint density at radius 2 is 2.39 bits per heavy atom. The summed E-state index contributed by atoms with van der Waals surface area (Å²) in [6, 6.07) is 8.24. The molecule has 90 valence electrons. The van der Waals surface area contributed by atoms with Crippen LogP contribution >= 0.6 is 0 Å². The van der Waals surface area contributed by atoms with Crippen LogP contribution in [0.25, 0.3) is 11.3 Å². The summed E-state index contributed by atoms with van der Waals surface area (Å²) in [5.74, 6) is 0. The second kappa shape index (κ2) is 4.28. The second-order valence-electron chi connectivity index (χ2n) is 4.47. The summed E-state index contributed by atoms with van der Waals surface area (Å²) in [5, 5.41) is 12.6. The SMILES string of the molecule is Cc1ncccc1-c1c(C#N)cc2n1CCNC2. The van der Waals surface area contributed by atoms with Gasteiger partial charge in [0.15, 0.2) is 0 Å². The van der Waals surface area contributed by atoms with Crippen molar-refractivity contribution in [2.45, 2.75) is 20.0 Å². The maximum absolute atomic E-state index is 9.32. The van der Waals surface area contributed by atoms with Gasteiger partial charge in [-0.1, -0.05) is 0 Å². The van der Waals surface area contributed by atoms with Gasteiger partial charge in [0.25, 0.3) is 0 Å². The Kier molecular flexibility index (Phi) is 2.62. The summed E-state index contributed by atoms with van der Waals surface area (Å²) in [5.41, 5.74) is 4.95. The summed E-state index contributed by atoms with van der Waals surface area (Å²) in [4.78, 5) is 4.32. The highest BCUT2D eigenvalue weighted by Crippen LogP contribution is 2.29. The van der Waals surface area contributed by atoms with Crippen LogP contribution in [0.4, 0.5) is 0 Å². The number of pyridine rings is 1. The Morgan fingerprint density at radius 1 is 1.50 bits per heavy atom. The Labute approximate surface area is 106 Å². The quantitative estimate of drug-likeness (QED) is 0.824. The molecule has 0 atom stereocenters.